The Hall–Kier alpha value is -3.28. The summed E-state index contributed by atoms with van der Waals surface area (Å²) >= 11 is 0. The van der Waals surface area contributed by atoms with Crippen LogP contribution < -0.4 is 10.6 Å². The first kappa shape index (κ1) is 17.5. The van der Waals surface area contributed by atoms with Crippen molar-refractivity contribution in [2.45, 2.75) is 13.8 Å². The normalized spacial score (nSPS) is 10.5. The number of nitrogens with zero attached hydrogens (tertiary/aromatic N) is 1. The molecule has 1 heterocycles. The lowest BCUT2D eigenvalue weighted by atomic mass is 10.1. The fourth-order valence-electron chi connectivity index (χ4n) is 2.50. The Morgan fingerprint density at radius 3 is 2.35 bits per heavy atom. The van der Waals surface area contributed by atoms with Crippen LogP contribution in [0.5, 0.6) is 0 Å². The number of aromatic nitrogens is 1. The van der Waals surface area contributed by atoms with Gasteiger partial charge in [-0.25, -0.2) is 13.8 Å². The van der Waals surface area contributed by atoms with Crippen molar-refractivity contribution in [1.29, 1.82) is 0 Å². The van der Waals surface area contributed by atoms with E-state index in [1.807, 2.05) is 32.0 Å². The van der Waals surface area contributed by atoms with Crippen LogP contribution in [0.3, 0.4) is 0 Å². The Kier molecular flexibility index (Phi) is 4.93. The maximum atomic E-state index is 13.7. The molecule has 6 heteroatoms. The zero-order chi connectivity index (χ0) is 18.7. The van der Waals surface area contributed by atoms with Gasteiger partial charge in [0.05, 0.1) is 11.9 Å². The van der Waals surface area contributed by atoms with Gasteiger partial charge >= 0.3 is 0 Å². The summed E-state index contributed by atoms with van der Waals surface area (Å²) in [6.45, 7) is 3.89. The van der Waals surface area contributed by atoms with Gasteiger partial charge in [0.1, 0.15) is 23.0 Å². The number of nitrogens with one attached hydrogen (secondary N) is 2. The molecule has 0 bridgehead atoms. The SMILES string of the molecule is Cc1ccc(NC(=O)c2ccc(Nc3c(F)cccc3F)cn2)c(C)c1. The van der Waals surface area contributed by atoms with E-state index in [1.54, 1.807) is 0 Å². The number of pyridine rings is 1. The van der Waals surface area contributed by atoms with Crippen LogP contribution in [0.4, 0.5) is 25.8 Å². The van der Waals surface area contributed by atoms with Gasteiger partial charge < -0.3 is 10.6 Å². The second-order valence-corrected chi connectivity index (χ2v) is 5.93. The van der Waals surface area contributed by atoms with Crippen LogP contribution in [-0.2, 0) is 0 Å². The molecule has 0 aliphatic carbocycles. The van der Waals surface area contributed by atoms with Crippen molar-refractivity contribution in [3.8, 4) is 0 Å². The summed E-state index contributed by atoms with van der Waals surface area (Å²) < 4.78 is 27.3. The molecule has 3 rings (SSSR count). The van der Waals surface area contributed by atoms with Crippen LogP contribution in [-0.4, -0.2) is 10.9 Å². The Morgan fingerprint density at radius 2 is 1.73 bits per heavy atom. The van der Waals surface area contributed by atoms with Gasteiger partial charge in [0.15, 0.2) is 0 Å². The summed E-state index contributed by atoms with van der Waals surface area (Å²) in [5.41, 5.74) is 3.07. The Balaban J connectivity index is 1.74. The molecule has 0 fully saturated rings. The number of hydrogen-bond donors (Lipinski definition) is 2. The second kappa shape index (κ2) is 7.31. The van der Waals surface area contributed by atoms with Crippen molar-refractivity contribution in [3.63, 3.8) is 0 Å². The highest BCUT2D eigenvalue weighted by Crippen LogP contribution is 2.23. The molecular weight excluding hydrogens is 336 g/mol. The maximum absolute atomic E-state index is 13.7. The minimum absolute atomic E-state index is 0.199. The molecule has 132 valence electrons. The van der Waals surface area contributed by atoms with Crippen LogP contribution in [0.15, 0.2) is 54.7 Å². The highest BCUT2D eigenvalue weighted by Gasteiger charge is 2.11. The smallest absolute Gasteiger partial charge is 0.274 e. The predicted molar refractivity (Wildman–Crippen MR) is 97.7 cm³/mol. The molecule has 1 amide bonds. The predicted octanol–water partition coefficient (Wildman–Crippen LogP) is 4.97. The topological polar surface area (TPSA) is 54.0 Å². The minimum atomic E-state index is -0.707. The van der Waals surface area contributed by atoms with E-state index in [0.29, 0.717) is 11.4 Å². The molecule has 3 aromatic rings. The van der Waals surface area contributed by atoms with Crippen molar-refractivity contribution in [1.82, 2.24) is 4.98 Å². The lowest BCUT2D eigenvalue weighted by Gasteiger charge is -2.10. The molecule has 0 aliphatic rings. The molecule has 0 atom stereocenters. The quantitative estimate of drug-likeness (QED) is 0.696. The van der Waals surface area contributed by atoms with E-state index in [9.17, 15) is 13.6 Å². The van der Waals surface area contributed by atoms with Crippen molar-refractivity contribution in [2.24, 2.45) is 0 Å². The van der Waals surface area contributed by atoms with E-state index >= 15 is 0 Å². The highest BCUT2D eigenvalue weighted by molar-refractivity contribution is 6.03. The summed E-state index contributed by atoms with van der Waals surface area (Å²) in [6, 6.07) is 12.3. The number of hydrogen-bond acceptors (Lipinski definition) is 3. The summed E-state index contributed by atoms with van der Waals surface area (Å²) in [5, 5.41) is 5.43. The minimum Gasteiger partial charge on any atom is -0.349 e. The van der Waals surface area contributed by atoms with Crippen LogP contribution in [0.2, 0.25) is 0 Å². The first-order chi connectivity index (χ1) is 12.4. The number of aryl methyl sites for hydroxylation is 2. The van der Waals surface area contributed by atoms with Gasteiger partial charge in [0.2, 0.25) is 0 Å². The van der Waals surface area contributed by atoms with Crippen molar-refractivity contribution in [3.05, 3.63) is 83.2 Å². The number of carbonyl (C=O) groups excluding carboxylic acids is 1. The molecule has 2 aromatic carbocycles. The summed E-state index contributed by atoms with van der Waals surface area (Å²) in [4.78, 5) is 16.4. The highest BCUT2D eigenvalue weighted by atomic mass is 19.1. The number of amides is 1. The van der Waals surface area contributed by atoms with Gasteiger partial charge in [-0.15, -0.1) is 0 Å². The van der Waals surface area contributed by atoms with E-state index in [-0.39, 0.29) is 17.3 Å². The van der Waals surface area contributed by atoms with Gasteiger partial charge in [-0.05, 0) is 49.7 Å². The first-order valence-electron chi connectivity index (χ1n) is 8.00. The third kappa shape index (κ3) is 3.85. The van der Waals surface area contributed by atoms with E-state index in [4.69, 9.17) is 0 Å². The average molecular weight is 353 g/mol. The Morgan fingerprint density at radius 1 is 1.00 bits per heavy atom. The number of anilines is 3. The standard InChI is InChI=1S/C20H17F2N3O/c1-12-6-8-17(13(2)10-12)25-20(26)18-9-7-14(11-23-18)24-19-15(21)4-3-5-16(19)22/h3-11,24H,1-2H3,(H,25,26). The van der Waals surface area contributed by atoms with Gasteiger partial charge in [-0.3, -0.25) is 4.79 Å². The third-order valence-corrected chi connectivity index (χ3v) is 3.86. The zero-order valence-corrected chi connectivity index (χ0v) is 14.3. The number of halogens is 2. The molecule has 1 aromatic heterocycles. The molecule has 0 aliphatic heterocycles. The monoisotopic (exact) mass is 353 g/mol. The van der Waals surface area contributed by atoms with Crippen molar-refractivity contribution < 1.29 is 13.6 Å². The van der Waals surface area contributed by atoms with Crippen molar-refractivity contribution >= 4 is 23.0 Å². The number of rotatable bonds is 4. The molecule has 2 N–H and O–H groups in total. The molecule has 0 spiro atoms. The first-order valence-corrected chi connectivity index (χ1v) is 8.00. The molecule has 0 unspecified atom stereocenters. The van der Waals surface area contributed by atoms with Crippen LogP contribution in [0.25, 0.3) is 0 Å². The fourth-order valence-corrected chi connectivity index (χ4v) is 2.50. The largest absolute Gasteiger partial charge is 0.349 e. The summed E-state index contributed by atoms with van der Waals surface area (Å²) in [6.07, 6.45) is 1.35. The van der Waals surface area contributed by atoms with E-state index in [0.717, 1.165) is 23.3 Å². The van der Waals surface area contributed by atoms with Gasteiger partial charge in [0, 0.05) is 5.69 Å². The average Bonchev–Trinajstić information content (AvgIpc) is 2.61. The van der Waals surface area contributed by atoms with Crippen LogP contribution >= 0.6 is 0 Å². The third-order valence-electron chi connectivity index (χ3n) is 3.86. The molecule has 0 saturated heterocycles. The number of para-hydroxylation sites is 1. The van der Waals surface area contributed by atoms with Crippen LogP contribution in [0.1, 0.15) is 21.6 Å². The Labute approximate surface area is 149 Å². The fraction of sp³-hybridized carbons (Fsp3) is 0.100. The van der Waals surface area contributed by atoms with Gasteiger partial charge in [-0.1, -0.05) is 23.8 Å². The van der Waals surface area contributed by atoms with E-state index < -0.39 is 11.6 Å². The molecular formula is C20H17F2N3O. The number of benzene rings is 2. The lowest BCUT2D eigenvalue weighted by molar-refractivity contribution is 0.102. The van der Waals surface area contributed by atoms with Gasteiger partial charge in [-0.2, -0.15) is 0 Å². The second-order valence-electron chi connectivity index (χ2n) is 5.93. The lowest BCUT2D eigenvalue weighted by Crippen LogP contribution is -2.14. The van der Waals surface area contributed by atoms with Gasteiger partial charge in [0.25, 0.3) is 5.91 Å². The van der Waals surface area contributed by atoms with E-state index in [2.05, 4.69) is 15.6 Å². The molecule has 26 heavy (non-hydrogen) atoms. The van der Waals surface area contributed by atoms with Crippen molar-refractivity contribution in [2.75, 3.05) is 10.6 Å². The molecule has 0 saturated carbocycles. The number of carbonyl (C=O) groups is 1. The van der Waals surface area contributed by atoms with E-state index in [1.165, 1.54) is 24.4 Å². The molecule has 0 radical (unpaired) electrons. The Bertz CT molecular complexity index is 936. The summed E-state index contributed by atoms with van der Waals surface area (Å²) in [7, 11) is 0. The molecule has 4 nitrogen and oxygen atoms in total. The maximum Gasteiger partial charge on any atom is 0.274 e. The summed E-state index contributed by atoms with van der Waals surface area (Å²) in [5.74, 6) is -1.77. The van der Waals surface area contributed by atoms with Crippen LogP contribution in [0, 0.1) is 25.5 Å². The zero-order valence-electron chi connectivity index (χ0n) is 14.3.